The highest BCUT2D eigenvalue weighted by Gasteiger charge is 2.40. The van der Waals surface area contributed by atoms with Crippen LogP contribution in [0.25, 0.3) is 0 Å². The number of primary amides is 1. The van der Waals surface area contributed by atoms with Crippen LogP contribution in [-0.2, 0) is 10.3 Å². The Morgan fingerprint density at radius 2 is 2.04 bits per heavy atom. The van der Waals surface area contributed by atoms with E-state index in [1.807, 2.05) is 18.2 Å². The van der Waals surface area contributed by atoms with Gasteiger partial charge in [0.15, 0.2) is 5.82 Å². The first kappa shape index (κ1) is 16.2. The summed E-state index contributed by atoms with van der Waals surface area (Å²) in [6, 6.07) is 10.2. The molecule has 7 nitrogen and oxygen atoms in total. The van der Waals surface area contributed by atoms with Crippen LogP contribution >= 0.6 is 0 Å². The van der Waals surface area contributed by atoms with Crippen LogP contribution < -0.4 is 11.1 Å². The Bertz CT molecular complexity index is 754. The van der Waals surface area contributed by atoms with Gasteiger partial charge in [-0.2, -0.15) is 4.98 Å². The molecule has 126 valence electrons. The fourth-order valence-electron chi connectivity index (χ4n) is 2.85. The van der Waals surface area contributed by atoms with E-state index in [0.29, 0.717) is 18.3 Å². The summed E-state index contributed by atoms with van der Waals surface area (Å²) >= 11 is 0. The Balaban J connectivity index is 1.57. The van der Waals surface area contributed by atoms with E-state index in [1.165, 1.54) is 5.56 Å². The largest absolute Gasteiger partial charge is 0.361 e. The molecule has 0 spiro atoms. The first-order valence-electron chi connectivity index (χ1n) is 7.87. The molecule has 1 fully saturated rings. The van der Waals surface area contributed by atoms with Crippen LogP contribution in [-0.4, -0.2) is 22.0 Å². The number of benzene rings is 1. The Hall–Kier alpha value is -2.70. The van der Waals surface area contributed by atoms with Gasteiger partial charge in [-0.05, 0) is 37.7 Å². The Labute approximate surface area is 139 Å². The van der Waals surface area contributed by atoms with E-state index in [0.717, 1.165) is 6.42 Å². The zero-order chi connectivity index (χ0) is 17.3. The minimum Gasteiger partial charge on any atom is -0.361 e. The van der Waals surface area contributed by atoms with Crippen molar-refractivity contribution in [2.24, 2.45) is 11.7 Å². The number of nitrogens with one attached hydrogen (secondary N) is 1. The molecule has 1 saturated carbocycles. The molecular formula is C17H20N4O3. The summed E-state index contributed by atoms with van der Waals surface area (Å²) in [7, 11) is 0. The molecule has 7 heteroatoms. The maximum atomic E-state index is 12.3. The highest BCUT2D eigenvalue weighted by molar-refractivity contribution is 5.87. The lowest BCUT2D eigenvalue weighted by Crippen LogP contribution is -2.42. The van der Waals surface area contributed by atoms with Gasteiger partial charge in [-0.15, -0.1) is 0 Å². The van der Waals surface area contributed by atoms with Crippen molar-refractivity contribution in [1.29, 1.82) is 0 Å². The van der Waals surface area contributed by atoms with Gasteiger partial charge in [0.05, 0.1) is 5.54 Å². The van der Waals surface area contributed by atoms with Gasteiger partial charge < -0.3 is 15.6 Å². The maximum Gasteiger partial charge on any atom is 0.315 e. The number of nitrogens with zero attached hydrogens (tertiary/aromatic N) is 2. The first-order valence-corrected chi connectivity index (χ1v) is 7.87. The third-order valence-corrected chi connectivity index (χ3v) is 4.25. The van der Waals surface area contributed by atoms with Gasteiger partial charge in [-0.25, -0.2) is 0 Å². The average molecular weight is 328 g/mol. The van der Waals surface area contributed by atoms with Crippen molar-refractivity contribution in [2.45, 2.75) is 38.1 Å². The maximum absolute atomic E-state index is 12.3. The van der Waals surface area contributed by atoms with Crippen LogP contribution in [0.5, 0.6) is 0 Å². The Kier molecular flexibility index (Phi) is 4.09. The van der Waals surface area contributed by atoms with Crippen molar-refractivity contribution >= 4 is 11.8 Å². The number of aromatic nitrogens is 2. The van der Waals surface area contributed by atoms with Gasteiger partial charge in [0, 0.05) is 6.42 Å². The normalized spacial score (nSPS) is 19.8. The minimum atomic E-state index is -0.842. The SMILES string of the molecule is CC(C)(NC(=O)C[C@@H]1C[C@H]1c1ccccc1)c1noc(C(N)=O)n1. The predicted octanol–water partition coefficient (Wildman–Crippen LogP) is 1.71. The van der Waals surface area contributed by atoms with Crippen LogP contribution in [0.2, 0.25) is 0 Å². The standard InChI is InChI=1S/C17H20N4O3/c1-17(2,16-19-15(14(18)23)24-21-16)20-13(22)9-11-8-12(11)10-6-4-3-5-7-10/h3-7,11-12H,8-9H2,1-2H3,(H2,18,23)(H,20,22)/t11-,12-/m0/s1. The van der Waals surface area contributed by atoms with Crippen molar-refractivity contribution in [3.63, 3.8) is 0 Å². The molecular weight excluding hydrogens is 308 g/mol. The number of hydrogen-bond donors (Lipinski definition) is 2. The molecule has 24 heavy (non-hydrogen) atoms. The van der Waals surface area contributed by atoms with E-state index in [1.54, 1.807) is 13.8 Å². The number of carbonyl (C=O) groups is 2. The van der Waals surface area contributed by atoms with Gasteiger partial charge in [0.1, 0.15) is 0 Å². The molecule has 2 amide bonds. The molecule has 2 aromatic rings. The monoisotopic (exact) mass is 328 g/mol. The van der Waals surface area contributed by atoms with Crippen molar-refractivity contribution in [1.82, 2.24) is 15.5 Å². The van der Waals surface area contributed by atoms with Crippen molar-refractivity contribution in [3.05, 3.63) is 47.6 Å². The summed E-state index contributed by atoms with van der Waals surface area (Å²) in [5.74, 6) is -0.103. The average Bonchev–Trinajstić information content (AvgIpc) is 3.09. The number of rotatable bonds is 6. The van der Waals surface area contributed by atoms with Gasteiger partial charge in [-0.1, -0.05) is 35.5 Å². The molecule has 3 rings (SSSR count). The quantitative estimate of drug-likeness (QED) is 0.838. The molecule has 1 aromatic heterocycles. The van der Waals surface area contributed by atoms with Gasteiger partial charge in [0.25, 0.3) is 0 Å². The lowest BCUT2D eigenvalue weighted by molar-refractivity contribution is -0.123. The van der Waals surface area contributed by atoms with E-state index in [4.69, 9.17) is 10.3 Å². The summed E-state index contributed by atoms with van der Waals surface area (Å²) in [5, 5.41) is 6.61. The topological polar surface area (TPSA) is 111 Å². The zero-order valence-corrected chi connectivity index (χ0v) is 13.7. The predicted molar refractivity (Wildman–Crippen MR) is 85.9 cm³/mol. The molecule has 3 N–H and O–H groups in total. The van der Waals surface area contributed by atoms with Crippen LogP contribution in [0.15, 0.2) is 34.9 Å². The van der Waals surface area contributed by atoms with E-state index >= 15 is 0 Å². The molecule has 0 aliphatic heterocycles. The number of hydrogen-bond acceptors (Lipinski definition) is 5. The molecule has 2 atom stereocenters. The molecule has 1 aromatic carbocycles. The third kappa shape index (κ3) is 3.45. The van der Waals surface area contributed by atoms with Crippen LogP contribution in [0, 0.1) is 5.92 Å². The second kappa shape index (κ2) is 6.07. The van der Waals surface area contributed by atoms with Crippen LogP contribution in [0.3, 0.4) is 0 Å². The van der Waals surface area contributed by atoms with Gasteiger partial charge in [0.2, 0.25) is 5.91 Å². The molecule has 1 heterocycles. The molecule has 0 saturated heterocycles. The lowest BCUT2D eigenvalue weighted by atomic mass is 10.0. The number of amides is 2. The van der Waals surface area contributed by atoms with E-state index in [-0.39, 0.29) is 17.6 Å². The number of nitrogens with two attached hydrogens (primary N) is 1. The van der Waals surface area contributed by atoms with E-state index in [9.17, 15) is 9.59 Å². The lowest BCUT2D eigenvalue weighted by Gasteiger charge is -2.22. The second-order valence-electron chi connectivity index (χ2n) is 6.68. The zero-order valence-electron chi connectivity index (χ0n) is 13.7. The summed E-state index contributed by atoms with van der Waals surface area (Å²) < 4.78 is 4.78. The van der Waals surface area contributed by atoms with Crippen LogP contribution in [0.1, 0.15) is 54.7 Å². The summed E-state index contributed by atoms with van der Waals surface area (Å²) in [6.45, 7) is 3.50. The molecule has 1 aliphatic carbocycles. The second-order valence-corrected chi connectivity index (χ2v) is 6.68. The smallest absolute Gasteiger partial charge is 0.315 e. The molecule has 0 radical (unpaired) electrons. The molecule has 0 unspecified atom stereocenters. The van der Waals surface area contributed by atoms with Crippen molar-refractivity contribution in [2.75, 3.05) is 0 Å². The van der Waals surface area contributed by atoms with Gasteiger partial charge >= 0.3 is 11.8 Å². The van der Waals surface area contributed by atoms with E-state index in [2.05, 4.69) is 27.6 Å². The highest BCUT2D eigenvalue weighted by Crippen LogP contribution is 2.49. The summed E-state index contributed by atoms with van der Waals surface area (Å²) in [4.78, 5) is 27.3. The number of carbonyl (C=O) groups excluding carboxylic acids is 2. The van der Waals surface area contributed by atoms with Crippen molar-refractivity contribution in [3.8, 4) is 0 Å². The first-order chi connectivity index (χ1) is 11.4. The molecule has 1 aliphatic rings. The van der Waals surface area contributed by atoms with Gasteiger partial charge in [-0.3, -0.25) is 9.59 Å². The highest BCUT2D eigenvalue weighted by atomic mass is 16.5. The third-order valence-electron chi connectivity index (χ3n) is 4.25. The Morgan fingerprint density at radius 1 is 1.33 bits per heavy atom. The van der Waals surface area contributed by atoms with E-state index < -0.39 is 11.4 Å². The summed E-state index contributed by atoms with van der Waals surface area (Å²) in [5.41, 5.74) is 5.53. The van der Waals surface area contributed by atoms with Crippen LogP contribution in [0.4, 0.5) is 0 Å². The van der Waals surface area contributed by atoms with Crippen molar-refractivity contribution < 1.29 is 14.1 Å². The minimum absolute atomic E-state index is 0.0751. The fourth-order valence-corrected chi connectivity index (χ4v) is 2.85. The Morgan fingerprint density at radius 3 is 2.67 bits per heavy atom. The molecule has 0 bridgehead atoms. The summed E-state index contributed by atoms with van der Waals surface area (Å²) in [6.07, 6.45) is 1.47. The fraction of sp³-hybridized carbons (Fsp3) is 0.412.